The van der Waals surface area contributed by atoms with Crippen LogP contribution in [0, 0.1) is 30.3 Å². The van der Waals surface area contributed by atoms with Gasteiger partial charge in [0.15, 0.2) is 0 Å². The molecule has 14 heteroatoms. The molecule has 4 aromatic carbocycles. The first-order valence-electron chi connectivity index (χ1n) is 12.4. The van der Waals surface area contributed by atoms with Crippen LogP contribution in [0.1, 0.15) is 13.8 Å². The molecule has 42 heavy (non-hydrogen) atoms. The molecule has 0 atom stereocenters. The Balaban J connectivity index is 0.000000221. The molecule has 210 valence electrons. The number of rotatable bonds is 5. The number of nitro benzene ring substituents is 3. The average molecular weight is 597 g/mol. The van der Waals surface area contributed by atoms with Gasteiger partial charge in [0.05, 0.1) is 14.8 Å². The first kappa shape index (κ1) is 32.3. The second-order valence-corrected chi connectivity index (χ2v) is 9.14. The van der Waals surface area contributed by atoms with E-state index in [4.69, 9.17) is 5.73 Å². The number of fused-ring (bicyclic) bond motifs is 6. The molecule has 2 N–H and O–H groups in total. The largest absolute Gasteiger partial charge is 1.00 e. The van der Waals surface area contributed by atoms with Gasteiger partial charge in [0, 0.05) is 98.8 Å². The summed E-state index contributed by atoms with van der Waals surface area (Å²) in [5.41, 5.74) is 10.2. The third-order valence-electron chi connectivity index (χ3n) is 6.97. The average Bonchev–Trinajstić information content (AvgIpc) is 3.43. The van der Waals surface area contributed by atoms with Crippen LogP contribution >= 0.6 is 0 Å². The second-order valence-electron chi connectivity index (χ2n) is 9.14. The van der Waals surface area contributed by atoms with Crippen LogP contribution in [0.2, 0.25) is 0 Å². The quantitative estimate of drug-likeness (QED) is 0.0786. The summed E-state index contributed by atoms with van der Waals surface area (Å²) in [7, 11) is 0. The van der Waals surface area contributed by atoms with Crippen molar-refractivity contribution in [2.45, 2.75) is 26.9 Å². The summed E-state index contributed by atoms with van der Waals surface area (Å²) >= 11 is 0. The van der Waals surface area contributed by atoms with Gasteiger partial charge in [-0.3, -0.25) is 30.3 Å². The molecule has 2 aromatic heterocycles. The third-order valence-corrected chi connectivity index (χ3v) is 6.97. The van der Waals surface area contributed by atoms with Gasteiger partial charge in [-0.05, 0) is 50.2 Å². The van der Waals surface area contributed by atoms with Crippen LogP contribution in [0.15, 0.2) is 72.8 Å². The van der Waals surface area contributed by atoms with Crippen LogP contribution in [-0.4, -0.2) is 23.9 Å². The number of aryl methyl sites for hydroxylation is 2. The van der Waals surface area contributed by atoms with Crippen LogP contribution in [-0.2, 0) is 26.6 Å². The molecular weight excluding hydrogens is 571 g/mol. The Morgan fingerprint density at radius 1 is 0.571 bits per heavy atom. The summed E-state index contributed by atoms with van der Waals surface area (Å²) in [6.07, 6.45) is 0. The van der Waals surface area contributed by atoms with Crippen molar-refractivity contribution in [3.8, 4) is 0 Å². The minimum atomic E-state index is -0.466. The minimum absolute atomic E-state index is 0. The Bertz CT molecular complexity index is 1930. The Morgan fingerprint density at radius 3 is 1.14 bits per heavy atom. The van der Waals surface area contributed by atoms with Gasteiger partial charge in [0.2, 0.25) is 0 Å². The molecule has 0 unspecified atom stereocenters. The maximum Gasteiger partial charge on any atom is 1.00 e. The van der Waals surface area contributed by atoms with Crippen LogP contribution in [0.4, 0.5) is 22.7 Å². The van der Waals surface area contributed by atoms with Gasteiger partial charge < -0.3 is 28.4 Å². The molecular formula is C28H25N6NaO6S. The second kappa shape index (κ2) is 12.8. The monoisotopic (exact) mass is 596 g/mol. The molecule has 2 heterocycles. The number of benzene rings is 4. The van der Waals surface area contributed by atoms with E-state index in [2.05, 4.69) is 11.5 Å². The molecule has 0 aliphatic carbocycles. The maximum atomic E-state index is 10.9. The minimum Gasteiger partial charge on any atom is -0.813 e. The Morgan fingerprint density at radius 2 is 0.857 bits per heavy atom. The van der Waals surface area contributed by atoms with E-state index in [1.807, 2.05) is 29.7 Å². The van der Waals surface area contributed by atoms with Gasteiger partial charge in [-0.1, -0.05) is 0 Å². The van der Waals surface area contributed by atoms with E-state index in [-0.39, 0.29) is 65.0 Å². The van der Waals surface area contributed by atoms with Crippen molar-refractivity contribution in [1.29, 1.82) is 0 Å². The zero-order chi connectivity index (χ0) is 28.7. The Kier molecular flexibility index (Phi) is 9.84. The summed E-state index contributed by atoms with van der Waals surface area (Å²) in [6.45, 7) is 5.50. The number of hydrogen-bond donors (Lipinski definition) is 1. The topological polar surface area (TPSA) is 165 Å². The van der Waals surface area contributed by atoms with E-state index < -0.39 is 9.85 Å². The summed E-state index contributed by atoms with van der Waals surface area (Å²) in [6, 6.07) is 19.8. The van der Waals surface area contributed by atoms with Crippen molar-refractivity contribution in [3.63, 3.8) is 0 Å². The van der Waals surface area contributed by atoms with E-state index in [1.54, 1.807) is 24.3 Å². The number of nitrogens with two attached hydrogens (primary N) is 1. The van der Waals surface area contributed by atoms with Crippen molar-refractivity contribution >= 4 is 79.9 Å². The Hall–Kier alpha value is -4.17. The zero-order valence-corrected chi connectivity index (χ0v) is 25.9. The van der Waals surface area contributed by atoms with Crippen LogP contribution in [0.25, 0.3) is 43.6 Å². The zero-order valence-electron chi connectivity index (χ0n) is 23.1. The van der Waals surface area contributed by atoms with Gasteiger partial charge >= 0.3 is 29.6 Å². The van der Waals surface area contributed by atoms with Gasteiger partial charge in [-0.2, -0.15) is 0 Å². The van der Waals surface area contributed by atoms with E-state index in [0.717, 1.165) is 39.4 Å². The van der Waals surface area contributed by atoms with Gasteiger partial charge in [0.25, 0.3) is 17.1 Å². The number of thiol groups is 1. The molecule has 0 radical (unpaired) electrons. The SMILES string of the molecule is CCn1c2ccc(N)cc2c2cc([N+](=O)[O-])ccc21.CCn1c2ccc([N+](=O)[O-])cc2c2cc([N+](=O)[O-])ccc21.[Na+].[SH-]. The maximum absolute atomic E-state index is 10.9. The summed E-state index contributed by atoms with van der Waals surface area (Å²) < 4.78 is 4.12. The fourth-order valence-electron chi connectivity index (χ4n) is 5.21. The Labute approximate surface area is 267 Å². The van der Waals surface area contributed by atoms with E-state index in [9.17, 15) is 30.3 Å². The van der Waals surface area contributed by atoms with Gasteiger partial charge in [0.1, 0.15) is 0 Å². The number of non-ortho nitro benzene ring substituents is 3. The molecule has 0 fully saturated rings. The first-order chi connectivity index (χ1) is 19.1. The van der Waals surface area contributed by atoms with Crippen molar-refractivity contribution in [1.82, 2.24) is 9.13 Å². The van der Waals surface area contributed by atoms with E-state index >= 15 is 0 Å². The summed E-state index contributed by atoms with van der Waals surface area (Å²) in [5, 5.41) is 35.9. The normalized spacial score (nSPS) is 10.6. The molecule has 0 saturated carbocycles. The molecule has 6 aromatic rings. The smallest absolute Gasteiger partial charge is 0.813 e. The summed E-state index contributed by atoms with van der Waals surface area (Å²) in [5.74, 6) is 0. The number of aromatic nitrogens is 2. The van der Waals surface area contributed by atoms with Gasteiger partial charge in [-0.15, -0.1) is 0 Å². The van der Waals surface area contributed by atoms with E-state index in [1.165, 1.54) is 30.3 Å². The third kappa shape index (κ3) is 5.63. The van der Waals surface area contributed by atoms with Crippen LogP contribution in [0.3, 0.4) is 0 Å². The van der Waals surface area contributed by atoms with Crippen LogP contribution in [0.5, 0.6) is 0 Å². The van der Waals surface area contributed by atoms with Crippen molar-refractivity contribution in [2.75, 3.05) is 5.73 Å². The number of nitrogens with zero attached hydrogens (tertiary/aromatic N) is 5. The molecule has 6 rings (SSSR count). The summed E-state index contributed by atoms with van der Waals surface area (Å²) in [4.78, 5) is 31.4. The van der Waals surface area contributed by atoms with Crippen molar-refractivity contribution < 1.29 is 44.3 Å². The predicted molar refractivity (Wildman–Crippen MR) is 163 cm³/mol. The van der Waals surface area contributed by atoms with Crippen molar-refractivity contribution in [2.24, 2.45) is 0 Å². The molecule has 0 amide bonds. The molecule has 0 spiro atoms. The van der Waals surface area contributed by atoms with Gasteiger partial charge in [-0.25, -0.2) is 0 Å². The molecule has 12 nitrogen and oxygen atoms in total. The van der Waals surface area contributed by atoms with E-state index in [0.29, 0.717) is 23.0 Å². The molecule has 0 aliphatic rings. The van der Waals surface area contributed by atoms with Crippen LogP contribution < -0.4 is 35.3 Å². The molecule has 0 saturated heterocycles. The fraction of sp³-hybridized carbons (Fsp3) is 0.143. The molecule has 0 aliphatic heterocycles. The number of nitrogen functional groups attached to an aromatic ring is 1. The number of nitro groups is 3. The predicted octanol–water partition coefficient (Wildman–Crippen LogP) is 3.67. The molecule has 0 bridgehead atoms. The number of hydrogen-bond acceptors (Lipinski definition) is 8. The van der Waals surface area contributed by atoms with Crippen molar-refractivity contribution in [3.05, 3.63) is 103 Å². The first-order valence-corrected chi connectivity index (χ1v) is 12.4. The standard InChI is InChI=1S/C14H11N3O4.C14H13N3O2.Na.H2S/c1-2-15-13-5-3-9(16(18)19)7-11(13)12-8-10(17(20)21)4-6-14(12)15;1-2-16-13-5-3-9(15)7-11(13)12-8-10(17(18)19)4-6-14(12)16;;/h3-8H,2H2,1H3;3-8H,2,15H2,1H3;;1H2/q;;+1;/p-1. The number of anilines is 1. The fourth-order valence-corrected chi connectivity index (χ4v) is 5.21.